The Morgan fingerprint density at radius 3 is 2.95 bits per heavy atom. The number of halogens is 1. The first-order chi connectivity index (χ1) is 9.54. The van der Waals surface area contributed by atoms with Gasteiger partial charge < -0.3 is 19.5 Å². The first kappa shape index (κ1) is 12.7. The molecule has 3 rings (SSSR count). The molecule has 0 saturated carbocycles. The Bertz CT molecular complexity index is 609. The van der Waals surface area contributed by atoms with Crippen LogP contribution in [0.1, 0.15) is 5.56 Å². The lowest BCUT2D eigenvalue weighted by Gasteiger charge is -2.16. The summed E-state index contributed by atoms with van der Waals surface area (Å²) in [5.41, 5.74) is -0.670. The van der Waals surface area contributed by atoms with Crippen LogP contribution in [-0.2, 0) is 4.74 Å². The Kier molecular flexibility index (Phi) is 2.76. The van der Waals surface area contributed by atoms with Gasteiger partial charge in [-0.2, -0.15) is 5.26 Å². The minimum absolute atomic E-state index is 0.0617. The van der Waals surface area contributed by atoms with Gasteiger partial charge in [0.2, 0.25) is 0 Å². The maximum atomic E-state index is 13.5. The van der Waals surface area contributed by atoms with Gasteiger partial charge in [-0.25, -0.2) is 9.18 Å². The van der Waals surface area contributed by atoms with Crippen LogP contribution in [0.3, 0.4) is 0 Å². The van der Waals surface area contributed by atoms with Crippen molar-refractivity contribution in [3.63, 3.8) is 0 Å². The molecular weight excluding hydrogens is 267 g/mol. The maximum Gasteiger partial charge on any atom is 0.407 e. The van der Waals surface area contributed by atoms with Crippen molar-refractivity contribution >= 4 is 6.09 Å². The molecule has 0 aliphatic carbocycles. The topological polar surface area (TPSA) is 86.1 Å². The molecule has 1 aromatic rings. The number of carboxylic acid groups (broad SMARTS) is 1. The second-order valence-corrected chi connectivity index (χ2v) is 4.88. The number of carbonyl (C=O) groups is 1. The molecule has 0 unspecified atom stereocenters. The standard InChI is InChI=1S/C13H11FN2O4/c14-10-3-9(2-1-8(10)4-15)20-11-5-16(12(17)18)6-13(11)7-19-13/h1-3,11H,5-7H2,(H,17,18)/t11-,13-/m0/s1. The summed E-state index contributed by atoms with van der Waals surface area (Å²) < 4.78 is 24.5. The van der Waals surface area contributed by atoms with E-state index in [2.05, 4.69) is 0 Å². The molecule has 2 aliphatic heterocycles. The summed E-state index contributed by atoms with van der Waals surface area (Å²) in [4.78, 5) is 12.2. The maximum absolute atomic E-state index is 13.5. The van der Waals surface area contributed by atoms with Crippen molar-refractivity contribution in [1.29, 1.82) is 5.26 Å². The van der Waals surface area contributed by atoms with E-state index in [1.807, 2.05) is 0 Å². The van der Waals surface area contributed by atoms with Gasteiger partial charge >= 0.3 is 6.09 Å². The molecule has 2 atom stereocenters. The van der Waals surface area contributed by atoms with Crippen molar-refractivity contribution in [2.24, 2.45) is 0 Å². The third-order valence-corrected chi connectivity index (χ3v) is 3.56. The highest BCUT2D eigenvalue weighted by Gasteiger charge is 2.60. The predicted molar refractivity (Wildman–Crippen MR) is 63.8 cm³/mol. The van der Waals surface area contributed by atoms with Crippen LogP contribution in [-0.4, -0.2) is 47.5 Å². The second-order valence-electron chi connectivity index (χ2n) is 4.88. The van der Waals surface area contributed by atoms with Crippen molar-refractivity contribution < 1.29 is 23.8 Å². The number of epoxide rings is 1. The number of ether oxygens (including phenoxy) is 2. The SMILES string of the molecule is N#Cc1ccc(O[C@H]2CN(C(=O)O)C[C@]23CO3)cc1F. The highest BCUT2D eigenvalue weighted by Crippen LogP contribution is 2.39. The lowest BCUT2D eigenvalue weighted by Crippen LogP contribution is -2.33. The molecule has 6 nitrogen and oxygen atoms in total. The fraction of sp³-hybridized carbons (Fsp3) is 0.385. The molecule has 2 saturated heterocycles. The normalized spacial score (nSPS) is 27.4. The molecule has 2 aliphatic rings. The van der Waals surface area contributed by atoms with Crippen molar-refractivity contribution in [1.82, 2.24) is 4.90 Å². The summed E-state index contributed by atoms with van der Waals surface area (Å²) in [6.45, 7) is 0.864. The molecule has 1 aromatic carbocycles. The summed E-state index contributed by atoms with van der Waals surface area (Å²) in [7, 11) is 0. The minimum Gasteiger partial charge on any atom is -0.485 e. The second kappa shape index (κ2) is 4.35. The number of benzene rings is 1. The van der Waals surface area contributed by atoms with E-state index in [0.717, 1.165) is 6.07 Å². The van der Waals surface area contributed by atoms with E-state index in [1.54, 1.807) is 6.07 Å². The van der Waals surface area contributed by atoms with Crippen LogP contribution in [0.5, 0.6) is 5.75 Å². The Balaban J connectivity index is 1.76. The number of hydrogen-bond acceptors (Lipinski definition) is 4. The fourth-order valence-electron chi connectivity index (χ4n) is 2.34. The Morgan fingerprint density at radius 1 is 1.65 bits per heavy atom. The Labute approximate surface area is 113 Å². The zero-order chi connectivity index (χ0) is 14.3. The van der Waals surface area contributed by atoms with E-state index in [4.69, 9.17) is 19.8 Å². The van der Waals surface area contributed by atoms with Gasteiger partial charge in [-0.05, 0) is 12.1 Å². The lowest BCUT2D eigenvalue weighted by molar-refractivity contribution is 0.132. The average Bonchev–Trinajstić information content (AvgIpc) is 3.08. The molecule has 0 aromatic heterocycles. The molecule has 0 radical (unpaired) electrons. The minimum atomic E-state index is -1.03. The molecule has 104 valence electrons. The van der Waals surface area contributed by atoms with Crippen molar-refractivity contribution in [3.05, 3.63) is 29.6 Å². The van der Waals surface area contributed by atoms with Gasteiger partial charge in [-0.1, -0.05) is 0 Å². The number of amides is 1. The van der Waals surface area contributed by atoms with Gasteiger partial charge in [0.1, 0.15) is 29.3 Å². The van der Waals surface area contributed by atoms with E-state index >= 15 is 0 Å². The highest BCUT2D eigenvalue weighted by atomic mass is 19.1. The van der Waals surface area contributed by atoms with Crippen molar-refractivity contribution in [2.75, 3.05) is 19.7 Å². The lowest BCUT2D eigenvalue weighted by atomic mass is 10.1. The van der Waals surface area contributed by atoms with Crippen LogP contribution < -0.4 is 4.74 Å². The number of likely N-dealkylation sites (tertiary alicyclic amines) is 1. The zero-order valence-corrected chi connectivity index (χ0v) is 10.4. The van der Waals surface area contributed by atoms with Crippen LogP contribution in [0.2, 0.25) is 0 Å². The number of nitrogens with zero attached hydrogens (tertiary/aromatic N) is 2. The summed E-state index contributed by atoms with van der Waals surface area (Å²) in [6, 6.07) is 5.66. The molecular formula is C13H11FN2O4. The molecule has 1 spiro atoms. The third-order valence-electron chi connectivity index (χ3n) is 3.56. The van der Waals surface area contributed by atoms with Crippen LogP contribution in [0.15, 0.2) is 18.2 Å². The van der Waals surface area contributed by atoms with Gasteiger partial charge in [-0.3, -0.25) is 0 Å². The quantitative estimate of drug-likeness (QED) is 0.822. The van der Waals surface area contributed by atoms with Gasteiger partial charge in [0.05, 0.1) is 25.3 Å². The summed E-state index contributed by atoms with van der Waals surface area (Å²) in [5.74, 6) is -0.405. The molecule has 0 bridgehead atoms. The number of nitriles is 1. The van der Waals surface area contributed by atoms with Gasteiger partial charge in [0, 0.05) is 6.07 Å². The van der Waals surface area contributed by atoms with Crippen molar-refractivity contribution in [3.8, 4) is 11.8 Å². The molecule has 2 fully saturated rings. The van der Waals surface area contributed by atoms with E-state index < -0.39 is 23.6 Å². The van der Waals surface area contributed by atoms with Gasteiger partial charge in [0.15, 0.2) is 0 Å². The van der Waals surface area contributed by atoms with E-state index in [9.17, 15) is 9.18 Å². The smallest absolute Gasteiger partial charge is 0.407 e. The van der Waals surface area contributed by atoms with E-state index in [1.165, 1.54) is 17.0 Å². The first-order valence-corrected chi connectivity index (χ1v) is 6.02. The molecule has 2 heterocycles. The Hall–Kier alpha value is -2.33. The van der Waals surface area contributed by atoms with Crippen LogP contribution >= 0.6 is 0 Å². The van der Waals surface area contributed by atoms with E-state index in [-0.39, 0.29) is 24.4 Å². The van der Waals surface area contributed by atoms with Gasteiger partial charge in [-0.15, -0.1) is 0 Å². The number of rotatable bonds is 2. The first-order valence-electron chi connectivity index (χ1n) is 6.02. The van der Waals surface area contributed by atoms with Crippen LogP contribution in [0.25, 0.3) is 0 Å². The summed E-state index contributed by atoms with van der Waals surface area (Å²) in [5, 5.41) is 17.6. The molecule has 1 amide bonds. The Morgan fingerprint density at radius 2 is 2.40 bits per heavy atom. The highest BCUT2D eigenvalue weighted by molar-refractivity contribution is 5.66. The monoisotopic (exact) mass is 278 g/mol. The van der Waals surface area contributed by atoms with Crippen LogP contribution in [0, 0.1) is 17.1 Å². The molecule has 1 N–H and O–H groups in total. The summed E-state index contributed by atoms with van der Waals surface area (Å²) in [6.07, 6.45) is -1.50. The fourth-order valence-corrected chi connectivity index (χ4v) is 2.34. The summed E-state index contributed by atoms with van der Waals surface area (Å²) >= 11 is 0. The van der Waals surface area contributed by atoms with Crippen molar-refractivity contribution in [2.45, 2.75) is 11.7 Å². The van der Waals surface area contributed by atoms with E-state index in [0.29, 0.717) is 6.61 Å². The van der Waals surface area contributed by atoms with Crippen LogP contribution in [0.4, 0.5) is 9.18 Å². The number of hydrogen-bond donors (Lipinski definition) is 1. The zero-order valence-electron chi connectivity index (χ0n) is 10.4. The third kappa shape index (κ3) is 2.04. The predicted octanol–water partition coefficient (Wildman–Crippen LogP) is 1.21. The molecule has 7 heteroatoms. The van der Waals surface area contributed by atoms with Gasteiger partial charge in [0.25, 0.3) is 0 Å². The average molecular weight is 278 g/mol. The molecule has 20 heavy (non-hydrogen) atoms. The largest absolute Gasteiger partial charge is 0.485 e.